The number of nitrogens with zero attached hydrogens (tertiary/aromatic N) is 2. The zero-order valence-electron chi connectivity index (χ0n) is 13.8. The summed E-state index contributed by atoms with van der Waals surface area (Å²) in [6.07, 6.45) is 0.399. The Morgan fingerprint density at radius 3 is 2.87 bits per heavy atom. The standard InChI is InChI=1S/C17H21N3O3/c1-5-23-13-7-6-11(8-14(13)22-4)12-9-15(21)18-17-16(12)10(2)19-20(17)3/h6-8,12H,5,9H2,1-4H3,(H,18,21). The first-order chi connectivity index (χ1) is 11.0. The number of ether oxygens (including phenoxy) is 2. The topological polar surface area (TPSA) is 65.4 Å². The second-order valence-electron chi connectivity index (χ2n) is 5.62. The van der Waals surface area contributed by atoms with E-state index in [9.17, 15) is 4.79 Å². The Hall–Kier alpha value is -2.50. The van der Waals surface area contributed by atoms with Gasteiger partial charge in [-0.25, -0.2) is 0 Å². The summed E-state index contributed by atoms with van der Waals surface area (Å²) in [4.78, 5) is 12.1. The van der Waals surface area contributed by atoms with Gasteiger partial charge in [0.15, 0.2) is 11.5 Å². The van der Waals surface area contributed by atoms with Gasteiger partial charge in [-0.1, -0.05) is 6.07 Å². The molecule has 0 saturated heterocycles. The van der Waals surface area contributed by atoms with Gasteiger partial charge in [0.2, 0.25) is 5.91 Å². The largest absolute Gasteiger partial charge is 0.493 e. The Morgan fingerprint density at radius 2 is 2.17 bits per heavy atom. The van der Waals surface area contributed by atoms with Crippen LogP contribution in [0.4, 0.5) is 5.82 Å². The average molecular weight is 315 g/mol. The lowest BCUT2D eigenvalue weighted by Crippen LogP contribution is -2.24. The molecule has 6 heteroatoms. The van der Waals surface area contributed by atoms with Gasteiger partial charge in [0.25, 0.3) is 0 Å². The number of anilines is 1. The molecule has 1 aromatic heterocycles. The van der Waals surface area contributed by atoms with Gasteiger partial charge in [0.1, 0.15) is 5.82 Å². The lowest BCUT2D eigenvalue weighted by Gasteiger charge is -2.24. The van der Waals surface area contributed by atoms with E-state index in [-0.39, 0.29) is 11.8 Å². The van der Waals surface area contributed by atoms with E-state index in [0.29, 0.717) is 24.5 Å². The summed E-state index contributed by atoms with van der Waals surface area (Å²) in [5.74, 6) is 2.13. The summed E-state index contributed by atoms with van der Waals surface area (Å²) in [6.45, 7) is 4.48. The molecular weight excluding hydrogens is 294 g/mol. The number of benzene rings is 1. The highest BCUT2D eigenvalue weighted by Crippen LogP contribution is 2.41. The Kier molecular flexibility index (Phi) is 3.98. The highest BCUT2D eigenvalue weighted by Gasteiger charge is 2.31. The van der Waals surface area contributed by atoms with Crippen LogP contribution in [0.25, 0.3) is 0 Å². The maximum absolute atomic E-state index is 12.1. The maximum atomic E-state index is 12.1. The molecule has 0 aliphatic carbocycles. The van der Waals surface area contributed by atoms with Crippen molar-refractivity contribution in [2.75, 3.05) is 19.0 Å². The summed E-state index contributed by atoms with van der Waals surface area (Å²) in [6, 6.07) is 5.84. The van der Waals surface area contributed by atoms with Gasteiger partial charge < -0.3 is 14.8 Å². The van der Waals surface area contributed by atoms with E-state index in [2.05, 4.69) is 10.4 Å². The fraction of sp³-hybridized carbons (Fsp3) is 0.412. The molecule has 2 heterocycles. The molecule has 0 radical (unpaired) electrons. The molecular formula is C17H21N3O3. The number of amides is 1. The molecule has 1 amide bonds. The number of aromatic nitrogens is 2. The third-order valence-electron chi connectivity index (χ3n) is 4.15. The fourth-order valence-corrected chi connectivity index (χ4v) is 3.17. The van der Waals surface area contributed by atoms with E-state index in [1.807, 2.05) is 39.1 Å². The fourth-order valence-electron chi connectivity index (χ4n) is 3.17. The SMILES string of the molecule is CCOc1ccc(C2CC(=O)Nc3c2c(C)nn3C)cc1OC. The van der Waals surface area contributed by atoms with E-state index in [1.165, 1.54) is 0 Å². The number of aryl methyl sites for hydroxylation is 2. The van der Waals surface area contributed by atoms with Crippen molar-refractivity contribution in [3.05, 3.63) is 35.0 Å². The molecule has 0 spiro atoms. The van der Waals surface area contributed by atoms with E-state index in [1.54, 1.807) is 11.8 Å². The van der Waals surface area contributed by atoms with Gasteiger partial charge in [-0.3, -0.25) is 9.48 Å². The zero-order chi connectivity index (χ0) is 16.6. The molecule has 1 aliphatic rings. The molecule has 6 nitrogen and oxygen atoms in total. The van der Waals surface area contributed by atoms with Crippen LogP contribution in [0.1, 0.15) is 36.1 Å². The minimum atomic E-state index is -0.0305. The molecule has 1 aromatic carbocycles. The summed E-state index contributed by atoms with van der Waals surface area (Å²) in [7, 11) is 3.46. The van der Waals surface area contributed by atoms with Crippen molar-refractivity contribution in [2.24, 2.45) is 7.05 Å². The van der Waals surface area contributed by atoms with E-state index >= 15 is 0 Å². The Balaban J connectivity index is 2.07. The number of carbonyl (C=O) groups is 1. The first-order valence-electron chi connectivity index (χ1n) is 7.69. The second-order valence-corrected chi connectivity index (χ2v) is 5.62. The molecule has 1 aliphatic heterocycles. The van der Waals surface area contributed by atoms with Crippen molar-refractivity contribution in [3.63, 3.8) is 0 Å². The van der Waals surface area contributed by atoms with Crippen LogP contribution in [0, 0.1) is 6.92 Å². The first kappa shape index (κ1) is 15.4. The van der Waals surface area contributed by atoms with Crippen molar-refractivity contribution in [1.29, 1.82) is 0 Å². The molecule has 0 fully saturated rings. The highest BCUT2D eigenvalue weighted by atomic mass is 16.5. The number of rotatable bonds is 4. The Bertz CT molecular complexity index is 752. The van der Waals surface area contributed by atoms with Gasteiger partial charge in [0.05, 0.1) is 19.4 Å². The van der Waals surface area contributed by atoms with Crippen LogP contribution in [0.3, 0.4) is 0 Å². The maximum Gasteiger partial charge on any atom is 0.226 e. The molecule has 0 bridgehead atoms. The second kappa shape index (κ2) is 5.95. The number of methoxy groups -OCH3 is 1. The lowest BCUT2D eigenvalue weighted by molar-refractivity contribution is -0.116. The summed E-state index contributed by atoms with van der Waals surface area (Å²) >= 11 is 0. The third kappa shape index (κ3) is 2.65. The van der Waals surface area contributed by atoms with Gasteiger partial charge >= 0.3 is 0 Å². The van der Waals surface area contributed by atoms with E-state index in [0.717, 1.165) is 22.6 Å². The van der Waals surface area contributed by atoms with Crippen molar-refractivity contribution in [2.45, 2.75) is 26.2 Å². The van der Waals surface area contributed by atoms with E-state index in [4.69, 9.17) is 9.47 Å². The summed E-state index contributed by atoms with van der Waals surface area (Å²) < 4.78 is 12.7. The van der Waals surface area contributed by atoms with Crippen LogP contribution in [-0.4, -0.2) is 29.4 Å². The predicted octanol–water partition coefficient (Wildman–Crippen LogP) is 2.61. The van der Waals surface area contributed by atoms with E-state index < -0.39 is 0 Å². The number of carbonyl (C=O) groups excluding carboxylic acids is 1. The van der Waals surface area contributed by atoms with Crippen LogP contribution in [-0.2, 0) is 11.8 Å². The highest BCUT2D eigenvalue weighted by molar-refractivity contribution is 5.94. The molecule has 1 atom stereocenters. The molecule has 122 valence electrons. The summed E-state index contributed by atoms with van der Waals surface area (Å²) in [5, 5.41) is 7.35. The minimum absolute atomic E-state index is 0.00153. The molecule has 23 heavy (non-hydrogen) atoms. The Morgan fingerprint density at radius 1 is 1.39 bits per heavy atom. The smallest absolute Gasteiger partial charge is 0.226 e. The van der Waals surface area contributed by atoms with Gasteiger partial charge in [0, 0.05) is 24.9 Å². The number of hydrogen-bond donors (Lipinski definition) is 1. The van der Waals surface area contributed by atoms with Crippen molar-refractivity contribution < 1.29 is 14.3 Å². The number of fused-ring (bicyclic) bond motifs is 1. The van der Waals surface area contributed by atoms with Crippen LogP contribution >= 0.6 is 0 Å². The van der Waals surface area contributed by atoms with Crippen molar-refractivity contribution >= 4 is 11.7 Å². The molecule has 1 N–H and O–H groups in total. The van der Waals surface area contributed by atoms with Crippen LogP contribution < -0.4 is 14.8 Å². The van der Waals surface area contributed by atoms with Gasteiger partial charge in [-0.05, 0) is 31.5 Å². The normalized spacial score (nSPS) is 16.7. The first-order valence-corrected chi connectivity index (χ1v) is 7.69. The molecule has 1 unspecified atom stereocenters. The molecule has 0 saturated carbocycles. The van der Waals surface area contributed by atoms with Gasteiger partial charge in [-0.2, -0.15) is 5.10 Å². The van der Waals surface area contributed by atoms with Crippen molar-refractivity contribution in [1.82, 2.24) is 9.78 Å². The van der Waals surface area contributed by atoms with Gasteiger partial charge in [-0.15, -0.1) is 0 Å². The van der Waals surface area contributed by atoms with Crippen LogP contribution in [0.15, 0.2) is 18.2 Å². The Labute approximate surface area is 135 Å². The van der Waals surface area contributed by atoms with Crippen LogP contribution in [0.5, 0.6) is 11.5 Å². The average Bonchev–Trinajstić information content (AvgIpc) is 2.81. The lowest BCUT2D eigenvalue weighted by atomic mass is 9.85. The number of hydrogen-bond acceptors (Lipinski definition) is 4. The third-order valence-corrected chi connectivity index (χ3v) is 4.15. The van der Waals surface area contributed by atoms with Crippen LogP contribution in [0.2, 0.25) is 0 Å². The zero-order valence-corrected chi connectivity index (χ0v) is 13.8. The van der Waals surface area contributed by atoms with Crippen molar-refractivity contribution in [3.8, 4) is 11.5 Å². The molecule has 2 aromatic rings. The summed E-state index contributed by atoms with van der Waals surface area (Å²) in [5.41, 5.74) is 3.02. The minimum Gasteiger partial charge on any atom is -0.493 e. The predicted molar refractivity (Wildman–Crippen MR) is 87.2 cm³/mol. The monoisotopic (exact) mass is 315 g/mol. The quantitative estimate of drug-likeness (QED) is 0.942. The number of nitrogens with one attached hydrogen (secondary N) is 1. The molecule has 3 rings (SSSR count).